The van der Waals surface area contributed by atoms with Crippen molar-refractivity contribution in [2.45, 2.75) is 52.1 Å². The first kappa shape index (κ1) is 36.0. The number of imide groups is 2. The van der Waals surface area contributed by atoms with Crippen LogP contribution >= 0.6 is 0 Å². The van der Waals surface area contributed by atoms with Crippen molar-refractivity contribution in [2.75, 3.05) is 64.9 Å². The zero-order valence-electron chi connectivity index (χ0n) is 31.7. The fourth-order valence-corrected chi connectivity index (χ4v) is 9.20. The summed E-state index contributed by atoms with van der Waals surface area (Å²) in [6.07, 6.45) is 2.51. The minimum Gasteiger partial charge on any atom is -0.496 e. The molecule has 1 aromatic heterocycles. The molecule has 2 aromatic carbocycles. The van der Waals surface area contributed by atoms with Crippen molar-refractivity contribution < 1.29 is 28.7 Å². The lowest BCUT2D eigenvalue weighted by atomic mass is 9.71. The number of carbonyl (C=O) groups excluding carboxylic acids is 4. The number of carbonyl (C=O) groups is 4. The molecule has 1 spiro atoms. The van der Waals surface area contributed by atoms with Crippen LogP contribution in [0.1, 0.15) is 63.2 Å². The Bertz CT molecular complexity index is 2120. The van der Waals surface area contributed by atoms with E-state index in [1.165, 1.54) is 0 Å². The van der Waals surface area contributed by atoms with Gasteiger partial charge in [-0.05, 0) is 88.5 Å². The molecule has 1 N–H and O–H groups in total. The number of aryl methyl sites for hydroxylation is 1. The Morgan fingerprint density at radius 2 is 1.52 bits per heavy atom. The Balaban J connectivity index is 0.827. The first-order valence-electron chi connectivity index (χ1n) is 18.9. The number of nitrogens with zero attached hydrogens (tertiary/aromatic N) is 5. The van der Waals surface area contributed by atoms with Gasteiger partial charge in [-0.3, -0.25) is 39.1 Å². The SMILES string of the molecule is COc1cc(-c2cc(C)c(=O)n(C)c2C)c(OC)cc1CN1CC(CN2CCC3(CC2)CN(c2ccc4c(c2)C(=O)N(C2CCC(=O)NC2=O)C4=O)C3)C1. The maximum atomic E-state index is 13.3. The van der Waals surface area contributed by atoms with Gasteiger partial charge in [0.15, 0.2) is 0 Å². The van der Waals surface area contributed by atoms with Crippen LogP contribution in [0.5, 0.6) is 11.5 Å². The summed E-state index contributed by atoms with van der Waals surface area (Å²) in [5.41, 5.74) is 6.32. The van der Waals surface area contributed by atoms with E-state index in [1.54, 1.807) is 38.0 Å². The zero-order valence-corrected chi connectivity index (χ0v) is 31.7. The average Bonchev–Trinajstić information content (AvgIpc) is 3.38. The van der Waals surface area contributed by atoms with E-state index in [-0.39, 0.29) is 29.7 Å². The molecule has 284 valence electrons. The van der Waals surface area contributed by atoms with Gasteiger partial charge >= 0.3 is 0 Å². The topological polar surface area (TPSA) is 134 Å². The molecule has 13 heteroatoms. The van der Waals surface area contributed by atoms with E-state index in [4.69, 9.17) is 9.47 Å². The minimum absolute atomic E-state index is 0.000345. The fourth-order valence-electron chi connectivity index (χ4n) is 9.20. The number of hydrogen-bond donors (Lipinski definition) is 1. The molecule has 5 aliphatic rings. The number of amides is 4. The third kappa shape index (κ3) is 6.16. The lowest BCUT2D eigenvalue weighted by molar-refractivity contribution is -0.136. The smallest absolute Gasteiger partial charge is 0.262 e. The van der Waals surface area contributed by atoms with Crippen LogP contribution in [0.15, 0.2) is 41.2 Å². The number of methoxy groups -OCH3 is 2. The van der Waals surface area contributed by atoms with Crippen molar-refractivity contribution in [3.63, 3.8) is 0 Å². The molecule has 4 saturated heterocycles. The standard InChI is InChI=1S/C41H48N6O7/c1-24-14-30(25(2)43(3)38(24)50)31-17-34(53-4)27(15-35(31)54-5)21-45-19-26(20-45)18-44-12-10-41(11-13-44)22-46(23-41)28-6-7-29-32(16-28)40(52)47(39(29)51)33-8-9-36(48)42-37(33)49/h6-7,14-17,26,33H,8-13,18-23H2,1-5H3,(H,42,48,49). The molecule has 8 rings (SSSR count). The van der Waals surface area contributed by atoms with Crippen molar-refractivity contribution in [1.82, 2.24) is 24.6 Å². The van der Waals surface area contributed by atoms with Gasteiger partial charge in [-0.25, -0.2) is 0 Å². The summed E-state index contributed by atoms with van der Waals surface area (Å²) in [6.45, 7) is 11.7. The molecule has 4 fully saturated rings. The number of aromatic nitrogens is 1. The van der Waals surface area contributed by atoms with Crippen LogP contribution in [0.25, 0.3) is 11.1 Å². The van der Waals surface area contributed by atoms with Gasteiger partial charge in [-0.1, -0.05) is 0 Å². The Kier molecular flexibility index (Phi) is 9.12. The van der Waals surface area contributed by atoms with Crippen molar-refractivity contribution in [3.05, 3.63) is 74.7 Å². The number of likely N-dealkylation sites (tertiary alicyclic amines) is 2. The second-order valence-corrected chi connectivity index (χ2v) is 15.9. The lowest BCUT2D eigenvalue weighted by Crippen LogP contribution is -2.61. The highest BCUT2D eigenvalue weighted by molar-refractivity contribution is 6.23. The number of pyridine rings is 1. The van der Waals surface area contributed by atoms with Crippen LogP contribution in [0, 0.1) is 25.2 Å². The minimum atomic E-state index is -0.960. The van der Waals surface area contributed by atoms with Crippen molar-refractivity contribution in [2.24, 2.45) is 18.4 Å². The predicted octanol–water partition coefficient (Wildman–Crippen LogP) is 3.12. The van der Waals surface area contributed by atoms with E-state index in [0.717, 1.165) is 110 Å². The van der Waals surface area contributed by atoms with Gasteiger partial charge in [0.05, 0.1) is 25.3 Å². The molecule has 0 saturated carbocycles. The molecule has 5 aliphatic heterocycles. The van der Waals surface area contributed by atoms with Crippen molar-refractivity contribution >= 4 is 29.3 Å². The Hall–Kier alpha value is -5.01. The van der Waals surface area contributed by atoms with E-state index in [2.05, 4.69) is 26.1 Å². The number of fused-ring (bicyclic) bond motifs is 1. The summed E-state index contributed by atoms with van der Waals surface area (Å²) in [7, 11) is 5.18. The molecular formula is C41H48N6O7. The molecule has 0 aliphatic carbocycles. The third-order valence-electron chi connectivity index (χ3n) is 12.5. The largest absolute Gasteiger partial charge is 0.496 e. The van der Waals surface area contributed by atoms with E-state index in [9.17, 15) is 24.0 Å². The highest BCUT2D eigenvalue weighted by Gasteiger charge is 2.48. The molecule has 0 bridgehead atoms. The van der Waals surface area contributed by atoms with Gasteiger partial charge < -0.3 is 23.8 Å². The van der Waals surface area contributed by atoms with Gasteiger partial charge in [-0.15, -0.1) is 0 Å². The van der Waals surface area contributed by atoms with Crippen LogP contribution in [0.3, 0.4) is 0 Å². The van der Waals surface area contributed by atoms with Gasteiger partial charge in [0.1, 0.15) is 17.5 Å². The summed E-state index contributed by atoms with van der Waals surface area (Å²) < 4.78 is 13.4. The molecular weight excluding hydrogens is 688 g/mol. The number of hydrogen-bond acceptors (Lipinski definition) is 10. The number of piperidine rings is 2. The summed E-state index contributed by atoms with van der Waals surface area (Å²) in [5, 5.41) is 2.25. The molecule has 3 aromatic rings. The van der Waals surface area contributed by atoms with Crippen molar-refractivity contribution in [1.29, 1.82) is 0 Å². The highest BCUT2D eigenvalue weighted by Crippen LogP contribution is 2.44. The van der Waals surface area contributed by atoms with Gasteiger partial charge in [0, 0.05) is 91.8 Å². The van der Waals surface area contributed by atoms with E-state index in [0.29, 0.717) is 22.6 Å². The molecule has 6 heterocycles. The summed E-state index contributed by atoms with van der Waals surface area (Å²) in [5.74, 6) is 0.265. The van der Waals surface area contributed by atoms with E-state index >= 15 is 0 Å². The normalized spacial score (nSPS) is 21.6. The van der Waals surface area contributed by atoms with Gasteiger partial charge in [0.25, 0.3) is 17.4 Å². The molecule has 4 amide bonds. The fraction of sp³-hybridized carbons (Fsp3) is 0.488. The lowest BCUT2D eigenvalue weighted by Gasteiger charge is -2.55. The number of rotatable bonds is 9. The van der Waals surface area contributed by atoms with E-state index < -0.39 is 23.8 Å². The second-order valence-electron chi connectivity index (χ2n) is 15.9. The Morgan fingerprint density at radius 3 is 2.20 bits per heavy atom. The molecule has 13 nitrogen and oxygen atoms in total. The first-order valence-corrected chi connectivity index (χ1v) is 18.9. The predicted molar refractivity (Wildman–Crippen MR) is 202 cm³/mol. The summed E-state index contributed by atoms with van der Waals surface area (Å²) in [6, 6.07) is 10.5. The summed E-state index contributed by atoms with van der Waals surface area (Å²) in [4.78, 5) is 71.3. The number of nitrogens with one attached hydrogen (secondary N) is 1. The van der Waals surface area contributed by atoms with Crippen LogP contribution in [-0.2, 0) is 23.2 Å². The first-order chi connectivity index (χ1) is 25.9. The van der Waals surface area contributed by atoms with Crippen molar-refractivity contribution in [3.8, 4) is 22.6 Å². The summed E-state index contributed by atoms with van der Waals surface area (Å²) >= 11 is 0. The number of ether oxygens (including phenoxy) is 2. The quantitative estimate of drug-likeness (QED) is 0.327. The maximum Gasteiger partial charge on any atom is 0.262 e. The van der Waals surface area contributed by atoms with Gasteiger partial charge in [-0.2, -0.15) is 0 Å². The average molecular weight is 737 g/mol. The highest BCUT2D eigenvalue weighted by atomic mass is 16.5. The third-order valence-corrected chi connectivity index (χ3v) is 12.5. The Morgan fingerprint density at radius 1 is 0.815 bits per heavy atom. The number of anilines is 1. The van der Waals surface area contributed by atoms with Crippen LogP contribution in [0.4, 0.5) is 5.69 Å². The van der Waals surface area contributed by atoms with Crippen LogP contribution in [-0.4, -0.2) is 109 Å². The zero-order chi connectivity index (χ0) is 38.1. The van der Waals surface area contributed by atoms with Crippen LogP contribution in [0.2, 0.25) is 0 Å². The monoisotopic (exact) mass is 736 g/mol. The number of benzene rings is 2. The van der Waals surface area contributed by atoms with E-state index in [1.807, 2.05) is 32.0 Å². The van der Waals surface area contributed by atoms with Gasteiger partial charge in [0.2, 0.25) is 11.8 Å². The molecule has 54 heavy (non-hydrogen) atoms. The molecule has 0 radical (unpaired) electrons. The maximum absolute atomic E-state index is 13.3. The molecule has 1 atom stereocenters. The van der Waals surface area contributed by atoms with Crippen LogP contribution < -0.4 is 25.2 Å². The second kappa shape index (κ2) is 13.7. The Labute approximate surface area is 314 Å². The molecule has 1 unspecified atom stereocenters.